The number of benzene rings is 4. The summed E-state index contributed by atoms with van der Waals surface area (Å²) in [6, 6.07) is 40.4. The Morgan fingerprint density at radius 3 is 1.83 bits per heavy atom. The standard InChI is InChI=1S/C35H33N3O3/c39-33-32(28-16-13-23-37(24-28)34(40)41-26-27-14-5-1-6-15-27)25-38(36-33)35(29-17-7-2-8-18-29,30-19-9-3-10-20-30)31-21-11-4-12-22-31/h1-12,14-15,17-22,25,28H,13,16,23-24,26H2,(H,36,39). The molecular formula is C35H33N3O3. The minimum Gasteiger partial charge on any atom is -0.445 e. The summed E-state index contributed by atoms with van der Waals surface area (Å²) in [5, 5.41) is 3.20. The third-order valence-electron chi connectivity index (χ3n) is 8.01. The number of piperidine rings is 1. The molecule has 1 aliphatic heterocycles. The summed E-state index contributed by atoms with van der Waals surface area (Å²) < 4.78 is 7.57. The van der Waals surface area contributed by atoms with E-state index < -0.39 is 5.54 Å². The number of aromatic nitrogens is 2. The van der Waals surface area contributed by atoms with Gasteiger partial charge in [0.05, 0.1) is 0 Å². The fourth-order valence-electron chi connectivity index (χ4n) is 6.04. The van der Waals surface area contributed by atoms with Crippen molar-refractivity contribution in [1.29, 1.82) is 0 Å². The molecule has 1 N–H and O–H groups in total. The van der Waals surface area contributed by atoms with Crippen LogP contribution in [0.2, 0.25) is 0 Å². The van der Waals surface area contributed by atoms with Crippen molar-refractivity contribution in [3.8, 4) is 0 Å². The van der Waals surface area contributed by atoms with Crippen molar-refractivity contribution in [3.05, 3.63) is 166 Å². The van der Waals surface area contributed by atoms with Gasteiger partial charge in [-0.2, -0.15) is 0 Å². The number of amides is 1. The summed E-state index contributed by atoms with van der Waals surface area (Å²) >= 11 is 0. The lowest BCUT2D eigenvalue weighted by Gasteiger charge is -2.37. The highest BCUT2D eigenvalue weighted by molar-refractivity contribution is 5.68. The fraction of sp³-hybridized carbons (Fsp3) is 0.200. The van der Waals surface area contributed by atoms with E-state index in [9.17, 15) is 9.59 Å². The van der Waals surface area contributed by atoms with Crippen LogP contribution in [0.1, 0.15) is 46.6 Å². The minimum atomic E-state index is -0.801. The molecule has 1 amide bonds. The molecule has 0 bridgehead atoms. The lowest BCUT2D eigenvalue weighted by molar-refractivity contribution is 0.0858. The van der Waals surface area contributed by atoms with Crippen molar-refractivity contribution in [2.45, 2.75) is 30.9 Å². The average molecular weight is 544 g/mol. The highest BCUT2D eigenvalue weighted by Crippen LogP contribution is 2.40. The normalized spacial score (nSPS) is 15.4. The molecule has 0 aliphatic carbocycles. The lowest BCUT2D eigenvalue weighted by atomic mass is 9.77. The predicted octanol–water partition coefficient (Wildman–Crippen LogP) is 6.53. The van der Waals surface area contributed by atoms with Crippen molar-refractivity contribution >= 4 is 6.09 Å². The molecule has 0 spiro atoms. The number of carbonyl (C=O) groups excluding carboxylic acids is 1. The van der Waals surface area contributed by atoms with Crippen LogP contribution in [-0.2, 0) is 16.9 Å². The quantitative estimate of drug-likeness (QED) is 0.237. The monoisotopic (exact) mass is 543 g/mol. The number of rotatable bonds is 7. The van der Waals surface area contributed by atoms with Crippen molar-refractivity contribution in [2.24, 2.45) is 0 Å². The smallest absolute Gasteiger partial charge is 0.410 e. The minimum absolute atomic E-state index is 0.0990. The number of hydrogen-bond acceptors (Lipinski definition) is 3. The van der Waals surface area contributed by atoms with Crippen LogP contribution in [0, 0.1) is 0 Å². The van der Waals surface area contributed by atoms with Gasteiger partial charge in [-0.15, -0.1) is 0 Å². The van der Waals surface area contributed by atoms with Gasteiger partial charge in [0.25, 0.3) is 5.56 Å². The summed E-state index contributed by atoms with van der Waals surface area (Å²) in [5.41, 5.74) is 3.78. The molecule has 5 aromatic rings. The Labute approximate surface area is 239 Å². The van der Waals surface area contributed by atoms with E-state index in [2.05, 4.69) is 41.5 Å². The van der Waals surface area contributed by atoms with E-state index in [1.807, 2.05) is 95.8 Å². The molecule has 1 saturated heterocycles. The van der Waals surface area contributed by atoms with Crippen LogP contribution in [0.15, 0.2) is 132 Å². The zero-order valence-corrected chi connectivity index (χ0v) is 22.9. The van der Waals surface area contributed by atoms with Gasteiger partial charge in [-0.05, 0) is 35.1 Å². The van der Waals surface area contributed by atoms with Crippen LogP contribution in [0.25, 0.3) is 0 Å². The van der Waals surface area contributed by atoms with Gasteiger partial charge in [-0.3, -0.25) is 14.6 Å². The SMILES string of the molecule is O=C(OCc1ccccc1)N1CCCC(c2cn(C(c3ccccc3)(c3ccccc3)c3ccccc3)[nH]c2=O)C1. The number of aromatic amines is 1. The zero-order valence-electron chi connectivity index (χ0n) is 22.9. The Morgan fingerprint density at radius 2 is 1.29 bits per heavy atom. The predicted molar refractivity (Wildman–Crippen MR) is 160 cm³/mol. The molecule has 41 heavy (non-hydrogen) atoms. The fourth-order valence-corrected chi connectivity index (χ4v) is 6.04. The topological polar surface area (TPSA) is 67.3 Å². The Balaban J connectivity index is 1.37. The van der Waals surface area contributed by atoms with Crippen LogP contribution >= 0.6 is 0 Å². The molecule has 6 rings (SSSR count). The molecule has 1 aromatic heterocycles. The van der Waals surface area contributed by atoms with Gasteiger partial charge in [0.1, 0.15) is 12.1 Å². The lowest BCUT2D eigenvalue weighted by Crippen LogP contribution is -2.40. The van der Waals surface area contributed by atoms with Gasteiger partial charge in [-0.1, -0.05) is 121 Å². The zero-order chi connectivity index (χ0) is 28.1. The molecule has 206 valence electrons. The van der Waals surface area contributed by atoms with Gasteiger partial charge in [0.15, 0.2) is 0 Å². The molecule has 1 atom stereocenters. The second-order valence-electron chi connectivity index (χ2n) is 10.5. The van der Waals surface area contributed by atoms with E-state index in [0.717, 1.165) is 35.1 Å². The highest BCUT2D eigenvalue weighted by Gasteiger charge is 2.40. The van der Waals surface area contributed by atoms with Gasteiger partial charge in [-0.25, -0.2) is 4.79 Å². The summed E-state index contributed by atoms with van der Waals surface area (Å²) in [7, 11) is 0. The molecule has 0 saturated carbocycles. The summed E-state index contributed by atoms with van der Waals surface area (Å²) in [4.78, 5) is 28.4. The van der Waals surface area contributed by atoms with Gasteiger partial charge in [0.2, 0.25) is 0 Å². The van der Waals surface area contributed by atoms with Crippen molar-refractivity contribution in [1.82, 2.24) is 14.7 Å². The highest BCUT2D eigenvalue weighted by atomic mass is 16.6. The first-order valence-electron chi connectivity index (χ1n) is 14.1. The molecule has 0 radical (unpaired) electrons. The van der Waals surface area contributed by atoms with Crippen LogP contribution < -0.4 is 5.56 Å². The molecule has 1 aliphatic rings. The van der Waals surface area contributed by atoms with E-state index in [1.54, 1.807) is 4.90 Å². The Morgan fingerprint density at radius 1 is 0.780 bits per heavy atom. The number of carbonyl (C=O) groups is 1. The van der Waals surface area contributed by atoms with E-state index in [-0.39, 0.29) is 24.2 Å². The second kappa shape index (κ2) is 11.7. The first kappa shape index (κ1) is 26.4. The Bertz CT molecular complexity index is 1530. The second-order valence-corrected chi connectivity index (χ2v) is 10.5. The number of hydrogen-bond donors (Lipinski definition) is 1. The van der Waals surface area contributed by atoms with Gasteiger partial charge >= 0.3 is 6.09 Å². The van der Waals surface area contributed by atoms with Crippen LogP contribution in [0.5, 0.6) is 0 Å². The number of ether oxygens (including phenoxy) is 1. The number of H-pyrrole nitrogens is 1. The first-order chi connectivity index (χ1) is 20.2. The van der Waals surface area contributed by atoms with Crippen LogP contribution in [0.3, 0.4) is 0 Å². The Hall–Kier alpha value is -4.84. The van der Waals surface area contributed by atoms with Crippen LogP contribution in [0.4, 0.5) is 4.79 Å². The van der Waals surface area contributed by atoms with E-state index >= 15 is 0 Å². The summed E-state index contributed by atoms with van der Waals surface area (Å²) in [5.74, 6) is -0.0990. The largest absolute Gasteiger partial charge is 0.445 e. The van der Waals surface area contributed by atoms with E-state index in [1.165, 1.54) is 0 Å². The molecule has 2 heterocycles. The molecule has 6 nitrogen and oxygen atoms in total. The summed E-state index contributed by atoms with van der Waals surface area (Å²) in [6.45, 7) is 1.28. The molecule has 6 heteroatoms. The number of likely N-dealkylation sites (tertiary alicyclic amines) is 1. The van der Waals surface area contributed by atoms with E-state index in [0.29, 0.717) is 18.7 Å². The third kappa shape index (κ3) is 5.21. The molecular weight excluding hydrogens is 510 g/mol. The number of nitrogens with one attached hydrogen (secondary N) is 1. The number of nitrogens with zero attached hydrogens (tertiary/aromatic N) is 2. The first-order valence-corrected chi connectivity index (χ1v) is 14.1. The average Bonchev–Trinajstić information content (AvgIpc) is 3.44. The van der Waals surface area contributed by atoms with E-state index in [4.69, 9.17) is 4.74 Å². The molecule has 1 fully saturated rings. The summed E-state index contributed by atoms with van der Waals surface area (Å²) in [6.07, 6.45) is 3.24. The van der Waals surface area contributed by atoms with Crippen molar-refractivity contribution < 1.29 is 9.53 Å². The van der Waals surface area contributed by atoms with Gasteiger partial charge in [0, 0.05) is 30.8 Å². The van der Waals surface area contributed by atoms with Crippen molar-refractivity contribution in [2.75, 3.05) is 13.1 Å². The third-order valence-corrected chi connectivity index (χ3v) is 8.01. The van der Waals surface area contributed by atoms with Gasteiger partial charge < -0.3 is 9.64 Å². The van der Waals surface area contributed by atoms with Crippen molar-refractivity contribution in [3.63, 3.8) is 0 Å². The Kier molecular flexibility index (Phi) is 7.54. The van der Waals surface area contributed by atoms with Crippen LogP contribution in [-0.4, -0.2) is 33.9 Å². The maximum atomic E-state index is 13.7. The maximum Gasteiger partial charge on any atom is 0.410 e. The molecule has 1 unspecified atom stereocenters. The molecule has 4 aromatic carbocycles. The maximum absolute atomic E-state index is 13.7.